The maximum Gasteiger partial charge on any atom is 0.159 e. The highest BCUT2D eigenvalue weighted by molar-refractivity contribution is 6.18. The summed E-state index contributed by atoms with van der Waals surface area (Å²) in [6.45, 7) is 4.01. The largest absolute Gasteiger partial charge is 0.390 e. The number of carbonyl (C=O) groups excluding carboxylic acids is 1. The van der Waals surface area contributed by atoms with E-state index in [1.165, 1.54) is 19.3 Å². The number of carbonyl (C=O) groups is 1. The van der Waals surface area contributed by atoms with Gasteiger partial charge in [0.2, 0.25) is 0 Å². The van der Waals surface area contributed by atoms with Crippen molar-refractivity contribution >= 4 is 28.8 Å². The van der Waals surface area contributed by atoms with Gasteiger partial charge >= 0.3 is 0 Å². The van der Waals surface area contributed by atoms with Crippen LogP contribution in [0.5, 0.6) is 0 Å². The third-order valence-corrected chi connectivity index (χ3v) is 4.16. The standard InChI is InChI=1S/C16H23ClN2O2/c1-12(20)13-5-6-16(19-7-3-2-4-8-19)15(9-13)18-11-14(21)10-17/h5-6,9,14,18,21H,2-4,7-8,10-11H2,1H3. The number of nitrogens with zero attached hydrogens (tertiary/aromatic N) is 1. The Bertz CT molecular complexity index is 487. The molecule has 1 aliphatic heterocycles. The van der Waals surface area contributed by atoms with Crippen LogP contribution in [0, 0.1) is 0 Å². The van der Waals surface area contributed by atoms with Crippen molar-refractivity contribution in [1.82, 2.24) is 0 Å². The Morgan fingerprint density at radius 3 is 2.71 bits per heavy atom. The first kappa shape index (κ1) is 16.1. The molecule has 4 nitrogen and oxygen atoms in total. The number of hydrogen-bond donors (Lipinski definition) is 2. The predicted molar refractivity (Wildman–Crippen MR) is 87.7 cm³/mol. The fraction of sp³-hybridized carbons (Fsp3) is 0.562. The molecule has 5 heteroatoms. The van der Waals surface area contributed by atoms with Gasteiger partial charge in [-0.2, -0.15) is 0 Å². The number of halogens is 1. The Hall–Kier alpha value is -1.26. The third-order valence-electron chi connectivity index (χ3n) is 3.81. The molecule has 2 rings (SSSR count). The number of anilines is 2. The van der Waals surface area contributed by atoms with E-state index in [0.29, 0.717) is 12.1 Å². The molecule has 1 aromatic rings. The van der Waals surface area contributed by atoms with E-state index in [2.05, 4.69) is 10.2 Å². The second kappa shape index (κ2) is 7.66. The number of ketones is 1. The minimum atomic E-state index is -0.596. The minimum absolute atomic E-state index is 0.0427. The molecular weight excluding hydrogens is 288 g/mol. The lowest BCUT2D eigenvalue weighted by molar-refractivity contribution is 0.101. The highest BCUT2D eigenvalue weighted by Gasteiger charge is 2.16. The van der Waals surface area contributed by atoms with Crippen molar-refractivity contribution in [3.63, 3.8) is 0 Å². The summed E-state index contributed by atoms with van der Waals surface area (Å²) in [5.74, 6) is 0.236. The average molecular weight is 311 g/mol. The first-order valence-corrected chi connectivity index (χ1v) is 8.03. The van der Waals surface area contributed by atoms with Gasteiger partial charge in [0.15, 0.2) is 5.78 Å². The van der Waals surface area contributed by atoms with E-state index in [4.69, 9.17) is 11.6 Å². The third kappa shape index (κ3) is 4.35. The van der Waals surface area contributed by atoms with E-state index in [1.54, 1.807) is 6.92 Å². The molecule has 0 spiro atoms. The van der Waals surface area contributed by atoms with Gasteiger partial charge in [0, 0.05) is 25.2 Å². The zero-order valence-corrected chi connectivity index (χ0v) is 13.2. The summed E-state index contributed by atoms with van der Waals surface area (Å²) >= 11 is 5.63. The van der Waals surface area contributed by atoms with Crippen LogP contribution in [0.2, 0.25) is 0 Å². The zero-order chi connectivity index (χ0) is 15.2. The summed E-state index contributed by atoms with van der Waals surface area (Å²) in [4.78, 5) is 13.9. The molecular formula is C16H23ClN2O2. The number of piperidine rings is 1. The molecule has 1 saturated heterocycles. The molecule has 1 fully saturated rings. The fourth-order valence-electron chi connectivity index (χ4n) is 2.59. The highest BCUT2D eigenvalue weighted by Crippen LogP contribution is 2.30. The van der Waals surface area contributed by atoms with Gasteiger partial charge in [0.05, 0.1) is 23.4 Å². The van der Waals surface area contributed by atoms with Gasteiger partial charge < -0.3 is 15.3 Å². The molecule has 0 amide bonds. The van der Waals surface area contributed by atoms with Gasteiger partial charge in [0.1, 0.15) is 0 Å². The van der Waals surface area contributed by atoms with Crippen molar-refractivity contribution in [3.05, 3.63) is 23.8 Å². The van der Waals surface area contributed by atoms with E-state index in [1.807, 2.05) is 18.2 Å². The molecule has 1 unspecified atom stereocenters. The number of Topliss-reactive ketones (excluding diaryl/α,β-unsaturated/α-hetero) is 1. The summed E-state index contributed by atoms with van der Waals surface area (Å²) in [6, 6.07) is 5.74. The minimum Gasteiger partial charge on any atom is -0.390 e. The Kier molecular flexibility index (Phi) is 5.88. The predicted octanol–water partition coefficient (Wildman–Crippen LogP) is 2.89. The smallest absolute Gasteiger partial charge is 0.159 e. The second-order valence-corrected chi connectivity index (χ2v) is 5.83. The molecule has 21 heavy (non-hydrogen) atoms. The van der Waals surface area contributed by atoms with E-state index >= 15 is 0 Å². The van der Waals surface area contributed by atoms with Crippen molar-refractivity contribution in [2.45, 2.75) is 32.3 Å². The van der Waals surface area contributed by atoms with Gasteiger partial charge in [-0.25, -0.2) is 0 Å². The fourth-order valence-corrected chi connectivity index (χ4v) is 2.70. The Labute approximate surface area is 131 Å². The molecule has 0 radical (unpaired) electrons. The van der Waals surface area contributed by atoms with Crippen molar-refractivity contribution in [1.29, 1.82) is 0 Å². The van der Waals surface area contributed by atoms with Crippen LogP contribution in [0.15, 0.2) is 18.2 Å². The van der Waals surface area contributed by atoms with Gasteiger partial charge in [-0.1, -0.05) is 0 Å². The summed E-state index contributed by atoms with van der Waals surface area (Å²) in [5.41, 5.74) is 2.67. The molecule has 1 atom stereocenters. The van der Waals surface area contributed by atoms with E-state index in [-0.39, 0.29) is 11.7 Å². The zero-order valence-electron chi connectivity index (χ0n) is 12.4. The van der Waals surface area contributed by atoms with E-state index < -0.39 is 6.10 Å². The molecule has 1 aliphatic rings. The lowest BCUT2D eigenvalue weighted by Gasteiger charge is -2.31. The second-order valence-electron chi connectivity index (χ2n) is 5.52. The van der Waals surface area contributed by atoms with Gasteiger partial charge in [-0.15, -0.1) is 11.6 Å². The first-order valence-electron chi connectivity index (χ1n) is 7.49. The number of benzene rings is 1. The van der Waals surface area contributed by atoms with E-state index in [0.717, 1.165) is 24.5 Å². The van der Waals surface area contributed by atoms with E-state index in [9.17, 15) is 9.90 Å². The summed E-state index contributed by atoms with van der Waals surface area (Å²) in [6.07, 6.45) is 3.06. The lowest BCUT2D eigenvalue weighted by atomic mass is 10.1. The molecule has 1 heterocycles. The van der Waals surface area contributed by atoms with Crippen molar-refractivity contribution in [2.24, 2.45) is 0 Å². The number of aliphatic hydroxyl groups excluding tert-OH is 1. The number of alkyl halides is 1. The molecule has 2 N–H and O–H groups in total. The summed E-state index contributed by atoms with van der Waals surface area (Å²) in [7, 11) is 0. The van der Waals surface area contributed by atoms with Gasteiger partial charge in [-0.3, -0.25) is 4.79 Å². The Balaban J connectivity index is 2.22. The highest BCUT2D eigenvalue weighted by atomic mass is 35.5. The first-order chi connectivity index (χ1) is 10.1. The SMILES string of the molecule is CC(=O)c1ccc(N2CCCCC2)c(NCC(O)CCl)c1. The van der Waals surface area contributed by atoms with Crippen LogP contribution < -0.4 is 10.2 Å². The maximum atomic E-state index is 11.6. The van der Waals surface area contributed by atoms with Crippen LogP contribution in [0.4, 0.5) is 11.4 Å². The molecule has 0 aliphatic carbocycles. The summed E-state index contributed by atoms with van der Waals surface area (Å²) < 4.78 is 0. The van der Waals surface area contributed by atoms with Crippen LogP contribution in [-0.4, -0.2) is 42.5 Å². The van der Waals surface area contributed by atoms with Crippen molar-refractivity contribution in [2.75, 3.05) is 35.7 Å². The summed E-state index contributed by atoms with van der Waals surface area (Å²) in [5, 5.41) is 12.9. The molecule has 0 saturated carbocycles. The van der Waals surface area contributed by atoms with Crippen molar-refractivity contribution < 1.29 is 9.90 Å². The van der Waals surface area contributed by atoms with Crippen LogP contribution >= 0.6 is 11.6 Å². The normalized spacial score (nSPS) is 16.6. The molecule has 0 bridgehead atoms. The number of rotatable bonds is 6. The Morgan fingerprint density at radius 1 is 1.38 bits per heavy atom. The lowest BCUT2D eigenvalue weighted by Crippen LogP contribution is -2.30. The van der Waals surface area contributed by atoms with Crippen LogP contribution in [0.25, 0.3) is 0 Å². The molecule has 1 aromatic carbocycles. The quantitative estimate of drug-likeness (QED) is 0.626. The maximum absolute atomic E-state index is 11.6. The monoisotopic (exact) mass is 310 g/mol. The molecule has 0 aromatic heterocycles. The van der Waals surface area contributed by atoms with Gasteiger partial charge in [-0.05, 0) is 44.4 Å². The topological polar surface area (TPSA) is 52.6 Å². The molecule has 116 valence electrons. The van der Waals surface area contributed by atoms with Crippen molar-refractivity contribution in [3.8, 4) is 0 Å². The number of aliphatic hydroxyl groups is 1. The van der Waals surface area contributed by atoms with Crippen LogP contribution in [-0.2, 0) is 0 Å². The number of nitrogens with one attached hydrogen (secondary N) is 1. The van der Waals surface area contributed by atoms with Gasteiger partial charge in [0.25, 0.3) is 0 Å². The average Bonchev–Trinajstić information content (AvgIpc) is 2.53. The van der Waals surface area contributed by atoms with Crippen LogP contribution in [0.1, 0.15) is 36.5 Å². The number of hydrogen-bond acceptors (Lipinski definition) is 4. The Morgan fingerprint density at radius 2 is 2.10 bits per heavy atom. The van der Waals surface area contributed by atoms with Crippen LogP contribution in [0.3, 0.4) is 0 Å².